The molecule has 0 atom stereocenters. The highest BCUT2D eigenvalue weighted by Gasteiger charge is 2.21. The normalized spacial score (nSPS) is 10.4. The molecule has 0 radical (unpaired) electrons. The van der Waals surface area contributed by atoms with Crippen molar-refractivity contribution in [3.05, 3.63) is 109 Å². The smallest absolute Gasteiger partial charge is 0.338 e. The van der Waals surface area contributed by atoms with Gasteiger partial charge in [0.1, 0.15) is 17.2 Å². The van der Waals surface area contributed by atoms with Gasteiger partial charge in [-0.05, 0) is 73.9 Å². The molecule has 15 nitrogen and oxygen atoms in total. The summed E-state index contributed by atoms with van der Waals surface area (Å²) in [4.78, 5) is 73.8. The average molecular weight is 831 g/mol. The van der Waals surface area contributed by atoms with Crippen LogP contribution in [0.15, 0.2) is 92.5 Å². The predicted octanol–water partition coefficient (Wildman–Crippen LogP) is 6.47. The first-order valence-corrected chi connectivity index (χ1v) is 19.2. The second-order valence-electron chi connectivity index (χ2n) is 12.4. The molecule has 0 aliphatic heterocycles. The van der Waals surface area contributed by atoms with Gasteiger partial charge in [-0.1, -0.05) is 56.1 Å². The molecular weight excluding hydrogens is 780 g/mol. The van der Waals surface area contributed by atoms with Crippen LogP contribution in [-0.4, -0.2) is 88.4 Å². The molecule has 0 aliphatic rings. The Kier molecular flexibility index (Phi) is 20.1. The monoisotopic (exact) mass is 830 g/mol. The molecule has 0 N–H and O–H groups in total. The molecule has 0 bridgehead atoms. The van der Waals surface area contributed by atoms with Crippen molar-refractivity contribution in [2.24, 2.45) is 0 Å². The number of rotatable bonds is 26. The van der Waals surface area contributed by atoms with E-state index in [4.69, 9.17) is 42.6 Å². The molecule has 0 amide bonds. The van der Waals surface area contributed by atoms with Gasteiger partial charge in [0, 0.05) is 0 Å². The maximum absolute atomic E-state index is 12.8. The van der Waals surface area contributed by atoms with Gasteiger partial charge in [0.05, 0.1) is 88.7 Å². The summed E-state index contributed by atoms with van der Waals surface area (Å²) in [5.74, 6) is -2.44. The highest BCUT2D eigenvalue weighted by atomic mass is 16.7. The molecule has 0 saturated heterocycles. The zero-order valence-corrected chi connectivity index (χ0v) is 34.0. The van der Waals surface area contributed by atoms with Gasteiger partial charge in [0.2, 0.25) is 0 Å². The third-order valence-corrected chi connectivity index (χ3v) is 8.04. The van der Waals surface area contributed by atoms with Crippen molar-refractivity contribution in [1.29, 1.82) is 0 Å². The maximum atomic E-state index is 12.8. The Balaban J connectivity index is 1.50. The van der Waals surface area contributed by atoms with E-state index in [2.05, 4.69) is 19.7 Å². The van der Waals surface area contributed by atoms with Crippen LogP contribution in [-0.2, 0) is 57.2 Å². The molecule has 0 spiro atoms. The molecule has 0 saturated carbocycles. The van der Waals surface area contributed by atoms with Crippen LogP contribution in [0, 0.1) is 0 Å². The Morgan fingerprint density at radius 2 is 0.733 bits per heavy atom. The van der Waals surface area contributed by atoms with Crippen molar-refractivity contribution in [2.45, 2.75) is 52.7 Å². The molecule has 0 fully saturated rings. The third kappa shape index (κ3) is 16.5. The Morgan fingerprint density at radius 3 is 1.03 bits per heavy atom. The van der Waals surface area contributed by atoms with Crippen LogP contribution >= 0.6 is 0 Å². The lowest BCUT2D eigenvalue weighted by molar-refractivity contribution is -0.191. The third-order valence-electron chi connectivity index (χ3n) is 8.04. The zero-order valence-electron chi connectivity index (χ0n) is 34.0. The predicted molar refractivity (Wildman–Crippen MR) is 218 cm³/mol. The standard InChI is InChI=1S/C45H50O15/c1-7-52-43(49)30(4)33-10-16-36(17-11-33)55-26-22-39(46)58-29-25-42(59-40(47)23-27-56-37-18-12-34(13-19-37)31(5)44(50)53-8-2)60-41(48)24-28-57-38-20-14-35(15-21-38)32(6)45(51)54-9-3/h10-21,42H,4-9,22-29H2,1-3H3. The van der Waals surface area contributed by atoms with Crippen LogP contribution in [0.4, 0.5) is 0 Å². The molecule has 3 aromatic rings. The summed E-state index contributed by atoms with van der Waals surface area (Å²) in [5, 5.41) is 0. The van der Waals surface area contributed by atoms with Crippen molar-refractivity contribution in [1.82, 2.24) is 0 Å². The van der Waals surface area contributed by atoms with E-state index in [9.17, 15) is 28.8 Å². The van der Waals surface area contributed by atoms with Gasteiger partial charge in [0.15, 0.2) is 0 Å². The molecule has 3 rings (SSSR count). The fraction of sp³-hybridized carbons (Fsp3) is 0.333. The Hall–Kier alpha value is -6.90. The van der Waals surface area contributed by atoms with Crippen LogP contribution in [0.3, 0.4) is 0 Å². The minimum atomic E-state index is -1.40. The average Bonchev–Trinajstić information content (AvgIpc) is 3.23. The van der Waals surface area contributed by atoms with Gasteiger partial charge in [-0.2, -0.15) is 0 Å². The van der Waals surface area contributed by atoms with Gasteiger partial charge in [-0.3, -0.25) is 14.4 Å². The van der Waals surface area contributed by atoms with Crippen LogP contribution in [0.25, 0.3) is 16.7 Å². The van der Waals surface area contributed by atoms with E-state index in [1.54, 1.807) is 93.6 Å². The largest absolute Gasteiger partial charge is 0.493 e. The van der Waals surface area contributed by atoms with Gasteiger partial charge < -0.3 is 42.6 Å². The fourth-order valence-corrected chi connectivity index (χ4v) is 4.92. The molecule has 60 heavy (non-hydrogen) atoms. The number of benzene rings is 3. The Bertz CT molecular complexity index is 1850. The molecule has 0 heterocycles. The maximum Gasteiger partial charge on any atom is 0.338 e. The lowest BCUT2D eigenvalue weighted by Crippen LogP contribution is -2.28. The van der Waals surface area contributed by atoms with Crippen LogP contribution < -0.4 is 14.2 Å². The van der Waals surface area contributed by atoms with Crippen molar-refractivity contribution in [2.75, 3.05) is 46.2 Å². The van der Waals surface area contributed by atoms with Crippen LogP contribution in [0.1, 0.15) is 63.1 Å². The summed E-state index contributed by atoms with van der Waals surface area (Å²) in [7, 11) is 0. The van der Waals surface area contributed by atoms with Crippen molar-refractivity contribution in [3.8, 4) is 17.2 Å². The number of ether oxygens (including phenoxy) is 9. The lowest BCUT2D eigenvalue weighted by Gasteiger charge is -2.19. The fourth-order valence-electron chi connectivity index (χ4n) is 4.92. The Labute approximate surface area is 348 Å². The Morgan fingerprint density at radius 1 is 0.433 bits per heavy atom. The SMILES string of the molecule is C=C(C(=O)OCC)c1ccc(OCCC(=O)OCCC(OC(=O)CCOc2ccc(C(=C)C(=O)OCC)cc2)OC(=O)CCOc2ccc(C(=C)C(=O)OCC)cc2)cc1. The second-order valence-corrected chi connectivity index (χ2v) is 12.4. The van der Waals surface area contributed by atoms with Crippen molar-refractivity contribution in [3.63, 3.8) is 0 Å². The minimum absolute atomic E-state index is 0.0177. The summed E-state index contributed by atoms with van der Waals surface area (Å²) >= 11 is 0. The van der Waals surface area contributed by atoms with Gasteiger partial charge >= 0.3 is 35.8 Å². The summed E-state index contributed by atoms with van der Waals surface area (Å²) in [5.41, 5.74) is 2.23. The van der Waals surface area contributed by atoms with Crippen LogP contribution in [0.2, 0.25) is 0 Å². The topological polar surface area (TPSA) is 185 Å². The molecule has 0 unspecified atom stereocenters. The highest BCUT2D eigenvalue weighted by Crippen LogP contribution is 2.22. The van der Waals surface area contributed by atoms with E-state index in [0.717, 1.165) is 0 Å². The molecule has 15 heteroatoms. The van der Waals surface area contributed by atoms with E-state index in [-0.39, 0.29) is 88.7 Å². The number of esters is 6. The first-order valence-electron chi connectivity index (χ1n) is 19.2. The quantitative estimate of drug-likeness (QED) is 0.0371. The van der Waals surface area contributed by atoms with Gasteiger partial charge in [0.25, 0.3) is 6.29 Å². The summed E-state index contributed by atoms with van der Waals surface area (Å²) < 4.78 is 47.9. The second kappa shape index (κ2) is 25.5. The van der Waals surface area contributed by atoms with Crippen LogP contribution in [0.5, 0.6) is 17.2 Å². The lowest BCUT2D eigenvalue weighted by atomic mass is 10.1. The van der Waals surface area contributed by atoms with E-state index in [1.807, 2.05) is 0 Å². The molecule has 320 valence electrons. The molecular formula is C45H50O15. The van der Waals surface area contributed by atoms with E-state index in [1.165, 1.54) is 0 Å². The van der Waals surface area contributed by atoms with E-state index in [0.29, 0.717) is 33.9 Å². The summed E-state index contributed by atoms with van der Waals surface area (Å²) in [6, 6.07) is 19.5. The van der Waals surface area contributed by atoms with E-state index < -0.39 is 42.1 Å². The van der Waals surface area contributed by atoms with Crippen molar-refractivity contribution < 1.29 is 71.4 Å². The molecule has 0 aliphatic carbocycles. The summed E-state index contributed by atoms with van der Waals surface area (Å²) in [6.07, 6.45) is -2.14. The molecule has 0 aromatic heterocycles. The van der Waals surface area contributed by atoms with Gasteiger partial charge in [-0.25, -0.2) is 14.4 Å². The van der Waals surface area contributed by atoms with Gasteiger partial charge in [-0.15, -0.1) is 0 Å². The number of carbonyl (C=O) groups excluding carboxylic acids is 6. The zero-order chi connectivity index (χ0) is 43.9. The van der Waals surface area contributed by atoms with E-state index >= 15 is 0 Å². The van der Waals surface area contributed by atoms with Crippen molar-refractivity contribution >= 4 is 52.5 Å². The minimum Gasteiger partial charge on any atom is -0.493 e. The first-order chi connectivity index (χ1) is 28.8. The summed E-state index contributed by atoms with van der Waals surface area (Å²) in [6.45, 7) is 16.5. The first kappa shape index (κ1) is 47.5. The number of hydrogen-bond acceptors (Lipinski definition) is 15. The number of hydrogen-bond donors (Lipinski definition) is 0. The molecule has 3 aromatic carbocycles. The highest BCUT2D eigenvalue weighted by molar-refractivity contribution is 6.16. The number of carbonyl (C=O) groups is 6.